The molecule has 0 saturated heterocycles. The number of amides is 2. The molecule has 2 aromatic rings. The maximum absolute atomic E-state index is 11.9. The molecule has 3 rings (SSSR count). The highest BCUT2D eigenvalue weighted by Crippen LogP contribution is 2.32. The first-order valence-corrected chi connectivity index (χ1v) is 7.87. The van der Waals surface area contributed by atoms with Crippen LogP contribution in [0, 0.1) is 0 Å². The molecular formula is C18H19N3O4. The summed E-state index contributed by atoms with van der Waals surface area (Å²) >= 11 is 0. The molecule has 7 heteroatoms. The van der Waals surface area contributed by atoms with Crippen LogP contribution in [0.3, 0.4) is 0 Å². The van der Waals surface area contributed by atoms with E-state index in [0.717, 1.165) is 17.0 Å². The van der Waals surface area contributed by atoms with Crippen LogP contribution < -0.4 is 25.4 Å². The molecule has 2 aromatic carbocycles. The van der Waals surface area contributed by atoms with Gasteiger partial charge in [-0.2, -0.15) is 0 Å². The minimum atomic E-state index is -0.122. The number of nitrogens with one attached hydrogen (secondary N) is 3. The zero-order valence-electron chi connectivity index (χ0n) is 13.8. The van der Waals surface area contributed by atoms with Crippen LogP contribution in [-0.2, 0) is 16.1 Å². The fourth-order valence-corrected chi connectivity index (χ4v) is 2.37. The highest BCUT2D eigenvalue weighted by molar-refractivity contribution is 5.88. The number of carbonyl (C=O) groups is 2. The Hall–Kier alpha value is -3.22. The van der Waals surface area contributed by atoms with E-state index in [1.807, 2.05) is 18.2 Å². The molecule has 25 heavy (non-hydrogen) atoms. The summed E-state index contributed by atoms with van der Waals surface area (Å²) in [6, 6.07) is 12.7. The minimum absolute atomic E-state index is 0.122. The van der Waals surface area contributed by atoms with Gasteiger partial charge in [-0.15, -0.1) is 0 Å². The number of anilines is 2. The second-order valence-electron chi connectivity index (χ2n) is 5.58. The Labute approximate surface area is 145 Å². The van der Waals surface area contributed by atoms with Gasteiger partial charge in [0.05, 0.1) is 6.54 Å². The summed E-state index contributed by atoms with van der Waals surface area (Å²) in [4.78, 5) is 22.9. The highest BCUT2D eigenvalue weighted by atomic mass is 16.7. The molecule has 130 valence electrons. The van der Waals surface area contributed by atoms with Gasteiger partial charge in [0.1, 0.15) is 0 Å². The monoisotopic (exact) mass is 341 g/mol. The lowest BCUT2D eigenvalue weighted by atomic mass is 10.2. The van der Waals surface area contributed by atoms with Crippen LogP contribution in [0.25, 0.3) is 0 Å². The fourth-order valence-electron chi connectivity index (χ4n) is 2.37. The zero-order chi connectivity index (χ0) is 17.6. The highest BCUT2D eigenvalue weighted by Gasteiger charge is 2.13. The molecule has 1 heterocycles. The summed E-state index contributed by atoms with van der Waals surface area (Å²) in [5, 5.41) is 8.56. The van der Waals surface area contributed by atoms with E-state index in [1.165, 1.54) is 6.92 Å². The van der Waals surface area contributed by atoms with Gasteiger partial charge >= 0.3 is 0 Å². The maximum atomic E-state index is 11.9. The molecule has 7 nitrogen and oxygen atoms in total. The van der Waals surface area contributed by atoms with Crippen molar-refractivity contribution in [3.05, 3.63) is 48.0 Å². The number of ether oxygens (including phenoxy) is 2. The van der Waals surface area contributed by atoms with Crippen molar-refractivity contribution in [2.45, 2.75) is 13.5 Å². The Morgan fingerprint density at radius 1 is 1.00 bits per heavy atom. The number of hydrogen-bond acceptors (Lipinski definition) is 5. The van der Waals surface area contributed by atoms with Crippen molar-refractivity contribution in [1.29, 1.82) is 0 Å². The van der Waals surface area contributed by atoms with Crippen LogP contribution in [0.15, 0.2) is 42.5 Å². The van der Waals surface area contributed by atoms with Gasteiger partial charge in [0.25, 0.3) is 0 Å². The first-order valence-electron chi connectivity index (χ1n) is 7.87. The van der Waals surface area contributed by atoms with Gasteiger partial charge in [-0.1, -0.05) is 6.07 Å². The van der Waals surface area contributed by atoms with Gasteiger partial charge in [0, 0.05) is 24.8 Å². The van der Waals surface area contributed by atoms with Crippen molar-refractivity contribution in [2.75, 3.05) is 24.0 Å². The van der Waals surface area contributed by atoms with E-state index in [4.69, 9.17) is 9.47 Å². The predicted octanol–water partition coefficient (Wildman–Crippen LogP) is 2.10. The first-order chi connectivity index (χ1) is 12.1. The molecule has 1 aliphatic heterocycles. The molecule has 2 amide bonds. The molecule has 0 fully saturated rings. The van der Waals surface area contributed by atoms with Crippen LogP contribution in [0.5, 0.6) is 11.5 Å². The van der Waals surface area contributed by atoms with E-state index in [2.05, 4.69) is 16.0 Å². The molecule has 0 bridgehead atoms. The van der Waals surface area contributed by atoms with Crippen molar-refractivity contribution in [3.63, 3.8) is 0 Å². The van der Waals surface area contributed by atoms with Crippen molar-refractivity contribution in [3.8, 4) is 11.5 Å². The second kappa shape index (κ2) is 7.57. The van der Waals surface area contributed by atoms with Crippen molar-refractivity contribution in [1.82, 2.24) is 5.32 Å². The second-order valence-corrected chi connectivity index (χ2v) is 5.58. The molecule has 0 aliphatic carbocycles. The van der Waals surface area contributed by atoms with E-state index in [0.29, 0.717) is 18.0 Å². The molecule has 3 N–H and O–H groups in total. The lowest BCUT2D eigenvalue weighted by Crippen LogP contribution is -2.29. The quantitative estimate of drug-likeness (QED) is 0.749. The predicted molar refractivity (Wildman–Crippen MR) is 93.6 cm³/mol. The van der Waals surface area contributed by atoms with Crippen LogP contribution in [0.2, 0.25) is 0 Å². The standard InChI is InChI=1S/C18H19N3O4/c1-12(22)21-15-5-3-14(4-6-15)19-10-18(23)20-9-13-2-7-16-17(8-13)25-11-24-16/h2-8,19H,9-11H2,1H3,(H,20,23)(H,21,22). The van der Waals surface area contributed by atoms with Crippen LogP contribution in [0.4, 0.5) is 11.4 Å². The van der Waals surface area contributed by atoms with E-state index in [9.17, 15) is 9.59 Å². The van der Waals surface area contributed by atoms with Crippen molar-refractivity contribution < 1.29 is 19.1 Å². The Balaban J connectivity index is 1.44. The molecule has 0 unspecified atom stereocenters. The lowest BCUT2D eigenvalue weighted by Gasteiger charge is -2.09. The van der Waals surface area contributed by atoms with Gasteiger partial charge < -0.3 is 25.4 Å². The summed E-state index contributed by atoms with van der Waals surface area (Å²) in [5.41, 5.74) is 2.45. The van der Waals surface area contributed by atoms with Crippen LogP contribution >= 0.6 is 0 Å². The Morgan fingerprint density at radius 2 is 1.72 bits per heavy atom. The maximum Gasteiger partial charge on any atom is 0.239 e. The van der Waals surface area contributed by atoms with Gasteiger partial charge in [-0.3, -0.25) is 9.59 Å². The third-order valence-electron chi connectivity index (χ3n) is 3.59. The summed E-state index contributed by atoms with van der Waals surface area (Å²) < 4.78 is 10.6. The van der Waals surface area contributed by atoms with E-state index in [-0.39, 0.29) is 25.2 Å². The summed E-state index contributed by atoms with van der Waals surface area (Å²) in [6.45, 7) is 2.26. The van der Waals surface area contributed by atoms with Crippen molar-refractivity contribution >= 4 is 23.2 Å². The van der Waals surface area contributed by atoms with Crippen LogP contribution in [-0.4, -0.2) is 25.2 Å². The summed E-state index contributed by atoms with van der Waals surface area (Å²) in [5.74, 6) is 1.18. The molecular weight excluding hydrogens is 322 g/mol. The van der Waals surface area contributed by atoms with Gasteiger partial charge in [0.2, 0.25) is 18.6 Å². The molecule has 0 saturated carbocycles. The molecule has 0 atom stereocenters. The normalized spacial score (nSPS) is 11.7. The Kier molecular flexibility index (Phi) is 5.03. The molecule has 0 aromatic heterocycles. The smallest absolute Gasteiger partial charge is 0.239 e. The van der Waals surface area contributed by atoms with E-state index < -0.39 is 0 Å². The summed E-state index contributed by atoms with van der Waals surface area (Å²) in [7, 11) is 0. The SMILES string of the molecule is CC(=O)Nc1ccc(NCC(=O)NCc2ccc3c(c2)OCO3)cc1. The largest absolute Gasteiger partial charge is 0.454 e. The number of fused-ring (bicyclic) bond motifs is 1. The fraction of sp³-hybridized carbons (Fsp3) is 0.222. The van der Waals surface area contributed by atoms with Gasteiger partial charge in [-0.05, 0) is 42.0 Å². The minimum Gasteiger partial charge on any atom is -0.454 e. The van der Waals surface area contributed by atoms with Gasteiger partial charge in [-0.25, -0.2) is 0 Å². The number of carbonyl (C=O) groups excluding carboxylic acids is 2. The average molecular weight is 341 g/mol. The number of rotatable bonds is 6. The molecule has 0 spiro atoms. The first kappa shape index (κ1) is 16.6. The average Bonchev–Trinajstić information content (AvgIpc) is 3.06. The van der Waals surface area contributed by atoms with Gasteiger partial charge in [0.15, 0.2) is 11.5 Å². The zero-order valence-corrected chi connectivity index (χ0v) is 13.8. The van der Waals surface area contributed by atoms with Crippen molar-refractivity contribution in [2.24, 2.45) is 0 Å². The topological polar surface area (TPSA) is 88.7 Å². The molecule has 0 radical (unpaired) electrons. The number of hydrogen-bond donors (Lipinski definition) is 3. The molecule has 1 aliphatic rings. The van der Waals surface area contributed by atoms with Crippen LogP contribution in [0.1, 0.15) is 12.5 Å². The summed E-state index contributed by atoms with van der Waals surface area (Å²) in [6.07, 6.45) is 0. The number of benzene rings is 2. The third-order valence-corrected chi connectivity index (χ3v) is 3.59. The van der Waals surface area contributed by atoms with E-state index >= 15 is 0 Å². The third kappa shape index (κ3) is 4.63. The Morgan fingerprint density at radius 3 is 2.48 bits per heavy atom. The van der Waals surface area contributed by atoms with E-state index in [1.54, 1.807) is 24.3 Å². The lowest BCUT2D eigenvalue weighted by molar-refractivity contribution is -0.119. The Bertz CT molecular complexity index is 774.